The lowest BCUT2D eigenvalue weighted by Crippen LogP contribution is -2.35. The van der Waals surface area contributed by atoms with Crippen LogP contribution in [0.5, 0.6) is 0 Å². The molecule has 0 bridgehead atoms. The zero-order valence-corrected chi connectivity index (χ0v) is 16.1. The van der Waals surface area contributed by atoms with Crippen LogP contribution >= 0.6 is 0 Å². The number of pyridine rings is 1. The molecular formula is C22H23N5O2. The predicted molar refractivity (Wildman–Crippen MR) is 110 cm³/mol. The van der Waals surface area contributed by atoms with Crippen LogP contribution in [0.1, 0.15) is 23.4 Å². The Labute approximate surface area is 169 Å². The molecule has 2 aliphatic rings. The summed E-state index contributed by atoms with van der Waals surface area (Å²) >= 11 is 0. The van der Waals surface area contributed by atoms with Crippen LogP contribution in [-0.2, 0) is 17.7 Å². The Morgan fingerprint density at radius 2 is 1.90 bits per heavy atom. The molecule has 7 nitrogen and oxygen atoms in total. The van der Waals surface area contributed by atoms with E-state index in [1.807, 2.05) is 18.2 Å². The molecule has 1 aliphatic heterocycles. The highest BCUT2D eigenvalue weighted by molar-refractivity contribution is 6.04. The summed E-state index contributed by atoms with van der Waals surface area (Å²) < 4.78 is 5.46. The molecule has 3 aromatic rings. The van der Waals surface area contributed by atoms with E-state index in [0.717, 1.165) is 85.3 Å². The Morgan fingerprint density at radius 3 is 2.69 bits per heavy atom. The standard InChI is InChI=1S/C22H23N5O2/c28-26-19-4-2-16-13-17(1-3-18(16)19)22-21(15-5-7-23-8-6-15)24-20(25-22)14-27-9-11-29-12-10-27/h1,3,5-8,13,28H,2,4,9-12,14H2,(H,24,25)/b26-19+. The number of ether oxygens (including phenoxy) is 1. The van der Waals surface area contributed by atoms with Crippen LogP contribution in [0.2, 0.25) is 0 Å². The van der Waals surface area contributed by atoms with Crippen molar-refractivity contribution in [1.29, 1.82) is 0 Å². The van der Waals surface area contributed by atoms with Gasteiger partial charge in [0, 0.05) is 42.2 Å². The fourth-order valence-corrected chi connectivity index (χ4v) is 4.13. The van der Waals surface area contributed by atoms with Crippen molar-refractivity contribution in [2.45, 2.75) is 19.4 Å². The molecule has 3 heterocycles. The lowest BCUT2D eigenvalue weighted by molar-refractivity contribution is 0.0332. The fourth-order valence-electron chi connectivity index (χ4n) is 4.13. The Morgan fingerprint density at radius 1 is 1.07 bits per heavy atom. The summed E-state index contributed by atoms with van der Waals surface area (Å²) in [6, 6.07) is 10.3. The minimum absolute atomic E-state index is 0.760. The number of hydrogen-bond donors (Lipinski definition) is 2. The first kappa shape index (κ1) is 18.0. The molecule has 0 amide bonds. The summed E-state index contributed by atoms with van der Waals surface area (Å²) in [5.41, 5.74) is 7.07. The Balaban J connectivity index is 1.54. The van der Waals surface area contributed by atoms with Gasteiger partial charge in [-0.2, -0.15) is 0 Å². The van der Waals surface area contributed by atoms with Crippen molar-refractivity contribution in [3.63, 3.8) is 0 Å². The number of oxime groups is 1. The molecule has 1 aromatic carbocycles. The van der Waals surface area contributed by atoms with Gasteiger partial charge in [0.15, 0.2) is 0 Å². The molecular weight excluding hydrogens is 366 g/mol. The van der Waals surface area contributed by atoms with E-state index in [0.29, 0.717) is 0 Å². The van der Waals surface area contributed by atoms with Crippen molar-refractivity contribution in [1.82, 2.24) is 19.9 Å². The van der Waals surface area contributed by atoms with Gasteiger partial charge in [-0.1, -0.05) is 17.3 Å². The van der Waals surface area contributed by atoms with E-state index < -0.39 is 0 Å². The molecule has 0 unspecified atom stereocenters. The van der Waals surface area contributed by atoms with Gasteiger partial charge in [0.05, 0.1) is 36.9 Å². The predicted octanol–water partition coefficient (Wildman–Crippen LogP) is 3.10. The Kier molecular flexibility index (Phi) is 4.83. The van der Waals surface area contributed by atoms with Gasteiger partial charge in [-0.05, 0) is 36.6 Å². The molecule has 2 N–H and O–H groups in total. The fraction of sp³-hybridized carbons (Fsp3) is 0.318. The second kappa shape index (κ2) is 7.77. The molecule has 0 radical (unpaired) electrons. The number of benzene rings is 1. The van der Waals surface area contributed by atoms with Crippen LogP contribution in [0, 0.1) is 0 Å². The first-order valence-corrected chi connectivity index (χ1v) is 9.96. The van der Waals surface area contributed by atoms with Gasteiger partial charge < -0.3 is 14.9 Å². The van der Waals surface area contributed by atoms with Crippen LogP contribution in [0.15, 0.2) is 47.9 Å². The van der Waals surface area contributed by atoms with E-state index in [-0.39, 0.29) is 0 Å². The first-order chi connectivity index (χ1) is 14.3. The second-order valence-corrected chi connectivity index (χ2v) is 7.45. The van der Waals surface area contributed by atoms with Crippen molar-refractivity contribution < 1.29 is 9.94 Å². The van der Waals surface area contributed by atoms with Gasteiger partial charge in [-0.3, -0.25) is 9.88 Å². The second-order valence-electron chi connectivity index (χ2n) is 7.45. The lowest BCUT2D eigenvalue weighted by Gasteiger charge is -2.25. The monoisotopic (exact) mass is 389 g/mol. The third-order valence-electron chi connectivity index (χ3n) is 5.64. The number of aryl methyl sites for hydroxylation is 1. The van der Waals surface area contributed by atoms with Crippen molar-refractivity contribution in [2.75, 3.05) is 26.3 Å². The van der Waals surface area contributed by atoms with E-state index >= 15 is 0 Å². The van der Waals surface area contributed by atoms with E-state index in [1.54, 1.807) is 12.4 Å². The van der Waals surface area contributed by atoms with Crippen LogP contribution in [-0.4, -0.2) is 57.1 Å². The number of hydrogen-bond acceptors (Lipinski definition) is 6. The molecule has 7 heteroatoms. The highest BCUT2D eigenvalue weighted by atomic mass is 16.5. The smallest absolute Gasteiger partial charge is 0.121 e. The number of nitrogens with one attached hydrogen (secondary N) is 1. The van der Waals surface area contributed by atoms with Gasteiger partial charge >= 0.3 is 0 Å². The van der Waals surface area contributed by atoms with Crippen LogP contribution < -0.4 is 0 Å². The molecule has 2 aromatic heterocycles. The number of fused-ring (bicyclic) bond motifs is 1. The largest absolute Gasteiger partial charge is 0.411 e. The normalized spacial score (nSPS) is 18.3. The molecule has 1 aliphatic carbocycles. The summed E-state index contributed by atoms with van der Waals surface area (Å²) in [5.74, 6) is 0.951. The molecule has 0 saturated carbocycles. The van der Waals surface area contributed by atoms with E-state index in [4.69, 9.17) is 9.72 Å². The van der Waals surface area contributed by atoms with Crippen molar-refractivity contribution in [3.05, 3.63) is 59.7 Å². The Hall–Kier alpha value is -3.03. The first-order valence-electron chi connectivity index (χ1n) is 9.96. The molecule has 1 saturated heterocycles. The average Bonchev–Trinajstić information content (AvgIpc) is 3.38. The molecule has 0 spiro atoms. The van der Waals surface area contributed by atoms with Gasteiger partial charge in [0.2, 0.25) is 0 Å². The van der Waals surface area contributed by atoms with E-state index in [2.05, 4.69) is 32.2 Å². The third kappa shape index (κ3) is 3.54. The number of nitrogens with zero attached hydrogens (tertiary/aromatic N) is 4. The summed E-state index contributed by atoms with van der Waals surface area (Å²) in [7, 11) is 0. The molecule has 1 fully saturated rings. The molecule has 5 rings (SSSR count). The topological polar surface area (TPSA) is 86.6 Å². The van der Waals surface area contributed by atoms with Crippen molar-refractivity contribution >= 4 is 5.71 Å². The number of morpholine rings is 1. The highest BCUT2D eigenvalue weighted by Crippen LogP contribution is 2.33. The Bertz CT molecular complexity index is 1040. The quantitative estimate of drug-likeness (QED) is 0.529. The zero-order chi connectivity index (χ0) is 19.6. The van der Waals surface area contributed by atoms with Gasteiger partial charge in [0.25, 0.3) is 0 Å². The maximum absolute atomic E-state index is 9.20. The van der Waals surface area contributed by atoms with Crippen LogP contribution in [0.4, 0.5) is 0 Å². The summed E-state index contributed by atoms with van der Waals surface area (Å²) in [4.78, 5) is 15.0. The summed E-state index contributed by atoms with van der Waals surface area (Å²) in [6.07, 6.45) is 5.26. The number of aromatic nitrogens is 3. The van der Waals surface area contributed by atoms with E-state index in [9.17, 15) is 5.21 Å². The van der Waals surface area contributed by atoms with Gasteiger partial charge in [-0.25, -0.2) is 4.98 Å². The van der Waals surface area contributed by atoms with Gasteiger partial charge in [0.1, 0.15) is 5.82 Å². The number of H-pyrrole nitrogens is 1. The summed E-state index contributed by atoms with van der Waals surface area (Å²) in [6.45, 7) is 4.15. The van der Waals surface area contributed by atoms with E-state index in [1.165, 1.54) is 5.56 Å². The molecule has 0 atom stereocenters. The maximum atomic E-state index is 9.20. The van der Waals surface area contributed by atoms with Crippen LogP contribution in [0.3, 0.4) is 0 Å². The SMILES string of the molecule is O/N=C1\CCc2cc(-c3nc(CN4CCOCC4)[nH]c3-c3ccncc3)ccc21. The highest BCUT2D eigenvalue weighted by Gasteiger charge is 2.22. The third-order valence-corrected chi connectivity index (χ3v) is 5.64. The minimum Gasteiger partial charge on any atom is -0.411 e. The van der Waals surface area contributed by atoms with Crippen molar-refractivity contribution in [2.24, 2.45) is 5.16 Å². The minimum atomic E-state index is 0.760. The number of rotatable bonds is 4. The zero-order valence-electron chi connectivity index (χ0n) is 16.1. The van der Waals surface area contributed by atoms with Crippen LogP contribution in [0.25, 0.3) is 22.5 Å². The molecule has 29 heavy (non-hydrogen) atoms. The number of aromatic amines is 1. The average molecular weight is 389 g/mol. The maximum Gasteiger partial charge on any atom is 0.121 e. The summed E-state index contributed by atoms with van der Waals surface area (Å²) in [5, 5.41) is 12.6. The van der Waals surface area contributed by atoms with Crippen molar-refractivity contribution in [3.8, 4) is 22.5 Å². The molecule has 148 valence electrons. The number of imidazole rings is 1. The lowest BCUT2D eigenvalue weighted by atomic mass is 10.0. The van der Waals surface area contributed by atoms with Gasteiger partial charge in [-0.15, -0.1) is 0 Å².